The SMILES string of the molecule is Cn1c(C2CCCN2C(=O)c2ncccn2)nc2ccccc2c1=O. The first kappa shape index (κ1) is 15.4. The van der Waals surface area contributed by atoms with E-state index in [0.29, 0.717) is 23.3 Å². The molecule has 25 heavy (non-hydrogen) atoms. The fourth-order valence-electron chi connectivity index (χ4n) is 3.35. The second kappa shape index (κ2) is 6.08. The Balaban J connectivity index is 1.78. The molecule has 0 N–H and O–H groups in total. The van der Waals surface area contributed by atoms with Gasteiger partial charge in [0.2, 0.25) is 5.82 Å². The van der Waals surface area contributed by atoms with Gasteiger partial charge in [0.05, 0.1) is 16.9 Å². The topological polar surface area (TPSA) is 81.0 Å². The van der Waals surface area contributed by atoms with Crippen molar-refractivity contribution in [2.24, 2.45) is 7.05 Å². The number of amides is 1. The minimum atomic E-state index is -0.251. The lowest BCUT2D eigenvalue weighted by atomic mass is 10.1. The van der Waals surface area contributed by atoms with E-state index < -0.39 is 0 Å². The predicted octanol–water partition coefficient (Wildman–Crippen LogP) is 1.70. The zero-order valence-electron chi connectivity index (χ0n) is 13.8. The van der Waals surface area contributed by atoms with Crippen molar-refractivity contribution in [2.75, 3.05) is 6.54 Å². The highest BCUT2D eigenvalue weighted by atomic mass is 16.2. The Labute approximate surface area is 144 Å². The molecule has 1 aliphatic heterocycles. The van der Waals surface area contributed by atoms with Crippen molar-refractivity contribution in [3.05, 3.63) is 64.7 Å². The van der Waals surface area contributed by atoms with Gasteiger partial charge < -0.3 is 4.90 Å². The number of aromatic nitrogens is 4. The standard InChI is InChI=1S/C18H17N5O2/c1-22-16(21-13-7-3-2-6-12(13)17(22)24)14-8-4-11-23(14)18(25)15-19-9-5-10-20-15/h2-3,5-7,9-10,14H,4,8,11H2,1H3. The molecule has 1 aliphatic rings. The smallest absolute Gasteiger partial charge is 0.292 e. The number of para-hydroxylation sites is 1. The van der Waals surface area contributed by atoms with Crippen LogP contribution in [0.5, 0.6) is 0 Å². The summed E-state index contributed by atoms with van der Waals surface area (Å²) >= 11 is 0. The average molecular weight is 335 g/mol. The van der Waals surface area contributed by atoms with Crippen molar-refractivity contribution >= 4 is 16.8 Å². The molecule has 3 heterocycles. The molecular formula is C18H17N5O2. The number of likely N-dealkylation sites (tertiary alicyclic amines) is 1. The summed E-state index contributed by atoms with van der Waals surface area (Å²) in [6, 6.07) is 8.69. The molecule has 0 radical (unpaired) electrons. The summed E-state index contributed by atoms with van der Waals surface area (Å²) in [6.45, 7) is 0.602. The highest BCUT2D eigenvalue weighted by Gasteiger charge is 2.34. The molecule has 1 amide bonds. The molecule has 0 spiro atoms. The summed E-state index contributed by atoms with van der Waals surface area (Å²) in [4.78, 5) is 39.9. The van der Waals surface area contributed by atoms with Crippen LogP contribution in [0.3, 0.4) is 0 Å². The molecule has 1 atom stereocenters. The van der Waals surface area contributed by atoms with E-state index in [9.17, 15) is 9.59 Å². The lowest BCUT2D eigenvalue weighted by molar-refractivity contribution is 0.0714. The van der Waals surface area contributed by atoms with Crippen LogP contribution in [-0.2, 0) is 7.05 Å². The van der Waals surface area contributed by atoms with Gasteiger partial charge in [-0.2, -0.15) is 0 Å². The minimum absolute atomic E-state index is 0.101. The van der Waals surface area contributed by atoms with Crippen molar-refractivity contribution in [1.29, 1.82) is 0 Å². The monoisotopic (exact) mass is 335 g/mol. The molecule has 1 aromatic carbocycles. The van der Waals surface area contributed by atoms with Crippen LogP contribution in [0.4, 0.5) is 0 Å². The third-order valence-electron chi connectivity index (χ3n) is 4.59. The number of hydrogen-bond donors (Lipinski definition) is 0. The normalized spacial score (nSPS) is 17.2. The van der Waals surface area contributed by atoms with Crippen LogP contribution in [0, 0.1) is 0 Å². The van der Waals surface area contributed by atoms with Gasteiger partial charge in [-0.15, -0.1) is 0 Å². The van der Waals surface area contributed by atoms with Crippen LogP contribution in [0.2, 0.25) is 0 Å². The molecule has 3 aromatic rings. The first-order valence-electron chi connectivity index (χ1n) is 8.20. The fraction of sp³-hybridized carbons (Fsp3) is 0.278. The van der Waals surface area contributed by atoms with Gasteiger partial charge in [0.25, 0.3) is 11.5 Å². The van der Waals surface area contributed by atoms with Crippen LogP contribution >= 0.6 is 0 Å². The van der Waals surface area contributed by atoms with Gasteiger partial charge in [-0.05, 0) is 31.0 Å². The van der Waals surface area contributed by atoms with Crippen molar-refractivity contribution in [2.45, 2.75) is 18.9 Å². The van der Waals surface area contributed by atoms with E-state index in [2.05, 4.69) is 15.0 Å². The first-order valence-corrected chi connectivity index (χ1v) is 8.20. The Morgan fingerprint density at radius 3 is 2.72 bits per heavy atom. The van der Waals surface area contributed by atoms with E-state index in [1.165, 1.54) is 0 Å². The molecule has 1 fully saturated rings. The quantitative estimate of drug-likeness (QED) is 0.712. The third kappa shape index (κ3) is 2.57. The van der Waals surface area contributed by atoms with Gasteiger partial charge in [0, 0.05) is 26.0 Å². The van der Waals surface area contributed by atoms with Gasteiger partial charge in [0.15, 0.2) is 0 Å². The third-order valence-corrected chi connectivity index (χ3v) is 4.59. The Hall–Kier alpha value is -3.09. The summed E-state index contributed by atoms with van der Waals surface area (Å²) in [7, 11) is 1.71. The summed E-state index contributed by atoms with van der Waals surface area (Å²) in [5.74, 6) is 0.538. The number of nitrogens with zero attached hydrogens (tertiary/aromatic N) is 5. The highest BCUT2D eigenvalue weighted by molar-refractivity contribution is 5.90. The molecule has 4 rings (SSSR count). The van der Waals surface area contributed by atoms with E-state index in [1.807, 2.05) is 18.2 Å². The Morgan fingerprint density at radius 2 is 1.92 bits per heavy atom. The molecule has 2 aromatic heterocycles. The van der Waals surface area contributed by atoms with E-state index in [4.69, 9.17) is 0 Å². The van der Waals surface area contributed by atoms with Gasteiger partial charge in [-0.3, -0.25) is 14.2 Å². The first-order chi connectivity index (χ1) is 12.2. The minimum Gasteiger partial charge on any atom is -0.326 e. The number of hydrogen-bond acceptors (Lipinski definition) is 5. The van der Waals surface area contributed by atoms with E-state index in [0.717, 1.165) is 12.8 Å². The van der Waals surface area contributed by atoms with Crippen LogP contribution in [-0.4, -0.2) is 36.9 Å². The highest BCUT2D eigenvalue weighted by Crippen LogP contribution is 2.31. The molecule has 7 nitrogen and oxygen atoms in total. The summed E-state index contributed by atoms with van der Waals surface area (Å²) < 4.78 is 1.55. The molecule has 0 bridgehead atoms. The molecule has 1 unspecified atom stereocenters. The molecule has 7 heteroatoms. The predicted molar refractivity (Wildman–Crippen MR) is 92.0 cm³/mol. The largest absolute Gasteiger partial charge is 0.326 e. The summed E-state index contributed by atoms with van der Waals surface area (Å²) in [5, 5.41) is 0.580. The number of benzene rings is 1. The van der Waals surface area contributed by atoms with Gasteiger partial charge >= 0.3 is 0 Å². The van der Waals surface area contributed by atoms with Crippen molar-refractivity contribution in [1.82, 2.24) is 24.4 Å². The lowest BCUT2D eigenvalue weighted by Crippen LogP contribution is -2.35. The van der Waals surface area contributed by atoms with Crippen LogP contribution in [0.25, 0.3) is 10.9 Å². The lowest BCUT2D eigenvalue weighted by Gasteiger charge is -2.25. The zero-order valence-corrected chi connectivity index (χ0v) is 13.8. The van der Waals surface area contributed by atoms with Gasteiger partial charge in [0.1, 0.15) is 5.82 Å². The number of rotatable bonds is 2. The maximum atomic E-state index is 12.8. The molecule has 0 saturated carbocycles. The Bertz CT molecular complexity index is 999. The zero-order chi connectivity index (χ0) is 17.4. The van der Waals surface area contributed by atoms with E-state index in [1.54, 1.807) is 41.0 Å². The maximum absolute atomic E-state index is 12.8. The fourth-order valence-corrected chi connectivity index (χ4v) is 3.35. The van der Waals surface area contributed by atoms with E-state index >= 15 is 0 Å². The van der Waals surface area contributed by atoms with Crippen molar-refractivity contribution in [3.8, 4) is 0 Å². The maximum Gasteiger partial charge on any atom is 0.292 e. The van der Waals surface area contributed by atoms with Crippen LogP contribution in [0.1, 0.15) is 35.3 Å². The van der Waals surface area contributed by atoms with Crippen LogP contribution < -0.4 is 5.56 Å². The number of carbonyl (C=O) groups excluding carboxylic acids is 1. The summed E-state index contributed by atoms with van der Waals surface area (Å²) in [5.41, 5.74) is 0.548. The molecule has 126 valence electrons. The Morgan fingerprint density at radius 1 is 1.16 bits per heavy atom. The number of fused-ring (bicyclic) bond motifs is 1. The number of carbonyl (C=O) groups is 1. The van der Waals surface area contributed by atoms with Gasteiger partial charge in [-0.1, -0.05) is 12.1 Å². The molecular weight excluding hydrogens is 318 g/mol. The molecule has 0 aliphatic carbocycles. The summed E-state index contributed by atoms with van der Waals surface area (Å²) in [6.07, 6.45) is 4.72. The average Bonchev–Trinajstić information content (AvgIpc) is 3.14. The van der Waals surface area contributed by atoms with Crippen LogP contribution in [0.15, 0.2) is 47.5 Å². The van der Waals surface area contributed by atoms with Crippen molar-refractivity contribution < 1.29 is 4.79 Å². The Kier molecular flexibility index (Phi) is 3.76. The second-order valence-electron chi connectivity index (χ2n) is 6.08. The van der Waals surface area contributed by atoms with Gasteiger partial charge in [-0.25, -0.2) is 15.0 Å². The van der Waals surface area contributed by atoms with Crippen molar-refractivity contribution in [3.63, 3.8) is 0 Å². The second-order valence-corrected chi connectivity index (χ2v) is 6.08. The van der Waals surface area contributed by atoms with E-state index in [-0.39, 0.29) is 23.3 Å². The molecule has 1 saturated heterocycles.